The van der Waals surface area contributed by atoms with Gasteiger partial charge >= 0.3 is 0 Å². The molecule has 2 atom stereocenters. The van der Waals surface area contributed by atoms with Crippen LogP contribution >= 0.6 is 0 Å². The number of rotatable bonds is 8. The summed E-state index contributed by atoms with van der Waals surface area (Å²) < 4.78 is 29.9. The Morgan fingerprint density at radius 2 is 1.79 bits per heavy atom. The number of aromatic nitrogens is 4. The largest absolute Gasteiger partial charge is 0.352 e. The lowest BCUT2D eigenvalue weighted by molar-refractivity contribution is -0.124. The van der Waals surface area contributed by atoms with E-state index in [-0.39, 0.29) is 18.0 Å². The van der Waals surface area contributed by atoms with Crippen LogP contribution in [0.15, 0.2) is 54.9 Å². The lowest BCUT2D eigenvalue weighted by Crippen LogP contribution is -2.40. The Balaban J connectivity index is 1.78. The van der Waals surface area contributed by atoms with Gasteiger partial charge in [-0.15, -0.1) is 5.10 Å². The Bertz CT molecular complexity index is 913. The fraction of sp³-hybridized carbons (Fsp3) is 0.300. The summed E-state index contributed by atoms with van der Waals surface area (Å²) in [5.41, 5.74) is 0.854. The first-order valence-electron chi connectivity index (χ1n) is 9.11. The minimum Gasteiger partial charge on any atom is -0.352 e. The molecule has 0 fully saturated rings. The van der Waals surface area contributed by atoms with Crippen LogP contribution in [0.2, 0.25) is 0 Å². The third-order valence-electron chi connectivity index (χ3n) is 4.68. The number of nitrogens with zero attached hydrogens (tertiary/aromatic N) is 5. The van der Waals surface area contributed by atoms with Crippen molar-refractivity contribution < 1.29 is 13.6 Å². The summed E-state index contributed by atoms with van der Waals surface area (Å²) in [5, 5.41) is 13.9. The normalized spacial score (nSPS) is 13.3. The van der Waals surface area contributed by atoms with Crippen LogP contribution in [0.1, 0.15) is 23.2 Å². The van der Waals surface area contributed by atoms with E-state index in [1.807, 2.05) is 30.3 Å². The Kier molecular flexibility index (Phi) is 6.61. The Morgan fingerprint density at radius 3 is 2.38 bits per heavy atom. The van der Waals surface area contributed by atoms with Crippen LogP contribution in [0.5, 0.6) is 0 Å². The minimum atomic E-state index is -0.694. The average Bonchev–Trinajstić information content (AvgIpc) is 3.23. The van der Waals surface area contributed by atoms with E-state index in [0.717, 1.165) is 5.56 Å². The van der Waals surface area contributed by atoms with E-state index < -0.39 is 23.7 Å². The van der Waals surface area contributed by atoms with E-state index in [4.69, 9.17) is 0 Å². The van der Waals surface area contributed by atoms with Gasteiger partial charge < -0.3 is 10.2 Å². The highest BCUT2D eigenvalue weighted by molar-refractivity contribution is 5.80. The van der Waals surface area contributed by atoms with Gasteiger partial charge in [0, 0.05) is 18.5 Å². The SMILES string of the molecule is CN(C)C(CNC(=O)C(Cc1ccccc1)n1cnnn1)c1c(F)cccc1F. The summed E-state index contributed by atoms with van der Waals surface area (Å²) in [6, 6.07) is 11.8. The molecule has 1 N–H and O–H groups in total. The van der Waals surface area contributed by atoms with Crippen molar-refractivity contribution in [2.75, 3.05) is 20.6 Å². The van der Waals surface area contributed by atoms with Crippen LogP contribution in [0.4, 0.5) is 8.78 Å². The molecule has 0 saturated carbocycles. The smallest absolute Gasteiger partial charge is 0.245 e. The summed E-state index contributed by atoms with van der Waals surface area (Å²) >= 11 is 0. The van der Waals surface area contributed by atoms with Crippen LogP contribution in [-0.4, -0.2) is 51.7 Å². The van der Waals surface area contributed by atoms with Crippen LogP contribution in [0.25, 0.3) is 0 Å². The van der Waals surface area contributed by atoms with Crippen molar-refractivity contribution in [3.63, 3.8) is 0 Å². The van der Waals surface area contributed by atoms with E-state index in [0.29, 0.717) is 6.42 Å². The van der Waals surface area contributed by atoms with E-state index in [9.17, 15) is 13.6 Å². The number of nitrogens with one attached hydrogen (secondary N) is 1. The number of halogens is 2. The third-order valence-corrected chi connectivity index (χ3v) is 4.68. The van der Waals surface area contributed by atoms with Gasteiger partial charge in [0.25, 0.3) is 0 Å². The molecule has 7 nitrogen and oxygen atoms in total. The molecule has 0 bridgehead atoms. The van der Waals surface area contributed by atoms with Crippen molar-refractivity contribution in [2.24, 2.45) is 0 Å². The molecule has 3 aromatic rings. The first-order valence-corrected chi connectivity index (χ1v) is 9.11. The zero-order valence-electron chi connectivity index (χ0n) is 16.2. The van der Waals surface area contributed by atoms with Gasteiger partial charge in [0.05, 0.1) is 6.04 Å². The molecule has 0 radical (unpaired) electrons. The topological polar surface area (TPSA) is 75.9 Å². The van der Waals surface area contributed by atoms with Gasteiger partial charge in [-0.3, -0.25) is 4.79 Å². The maximum Gasteiger partial charge on any atom is 0.245 e. The molecular weight excluding hydrogens is 378 g/mol. The van der Waals surface area contributed by atoms with Gasteiger partial charge in [-0.05, 0) is 42.2 Å². The van der Waals surface area contributed by atoms with Gasteiger partial charge in [0.2, 0.25) is 5.91 Å². The first kappa shape index (κ1) is 20.5. The van der Waals surface area contributed by atoms with E-state index in [1.54, 1.807) is 19.0 Å². The average molecular weight is 400 g/mol. The summed E-state index contributed by atoms with van der Waals surface area (Å²) in [7, 11) is 3.40. The fourth-order valence-corrected chi connectivity index (χ4v) is 3.14. The lowest BCUT2D eigenvalue weighted by atomic mass is 10.0. The van der Waals surface area contributed by atoms with Gasteiger partial charge in [-0.1, -0.05) is 36.4 Å². The zero-order chi connectivity index (χ0) is 20.8. The molecule has 0 aliphatic carbocycles. The van der Waals surface area contributed by atoms with Gasteiger partial charge in [0.15, 0.2) is 0 Å². The monoisotopic (exact) mass is 400 g/mol. The first-order chi connectivity index (χ1) is 14.0. The maximum absolute atomic E-state index is 14.2. The predicted octanol–water partition coefficient (Wildman–Crippen LogP) is 2.15. The molecule has 29 heavy (non-hydrogen) atoms. The summed E-state index contributed by atoms with van der Waals surface area (Å²) in [6.45, 7) is 0.0249. The number of carbonyl (C=O) groups is 1. The molecule has 2 aromatic carbocycles. The number of benzene rings is 2. The van der Waals surface area contributed by atoms with Gasteiger partial charge in [-0.25, -0.2) is 13.5 Å². The number of likely N-dealkylation sites (N-methyl/N-ethyl adjacent to an activating group) is 1. The highest BCUT2D eigenvalue weighted by Crippen LogP contribution is 2.24. The van der Waals surface area contributed by atoms with Gasteiger partial charge in [0.1, 0.15) is 24.0 Å². The molecular formula is C20H22F2N6O. The second-order valence-corrected chi connectivity index (χ2v) is 6.86. The number of tetrazole rings is 1. The van der Waals surface area contributed by atoms with E-state index in [2.05, 4.69) is 20.8 Å². The number of amides is 1. The van der Waals surface area contributed by atoms with E-state index >= 15 is 0 Å². The minimum absolute atomic E-state index is 0.0249. The summed E-state index contributed by atoms with van der Waals surface area (Å²) in [6.07, 6.45) is 1.74. The zero-order valence-corrected chi connectivity index (χ0v) is 16.2. The van der Waals surface area contributed by atoms with Crippen molar-refractivity contribution in [1.82, 2.24) is 30.4 Å². The van der Waals surface area contributed by atoms with E-state index in [1.165, 1.54) is 29.2 Å². The maximum atomic E-state index is 14.2. The van der Waals surface area contributed by atoms with Crippen molar-refractivity contribution in [3.8, 4) is 0 Å². The van der Waals surface area contributed by atoms with Crippen LogP contribution in [0, 0.1) is 11.6 Å². The molecule has 1 heterocycles. The highest BCUT2D eigenvalue weighted by atomic mass is 19.1. The standard InChI is InChI=1S/C20H22F2N6O/c1-27(2)18(19-15(21)9-6-10-16(19)22)12-23-20(29)17(28-13-24-25-26-28)11-14-7-4-3-5-8-14/h3-10,13,17-18H,11-12H2,1-2H3,(H,23,29). The molecule has 9 heteroatoms. The van der Waals surface area contributed by atoms with Crippen molar-refractivity contribution in [2.45, 2.75) is 18.5 Å². The van der Waals surface area contributed by atoms with Gasteiger partial charge in [-0.2, -0.15) is 0 Å². The highest BCUT2D eigenvalue weighted by Gasteiger charge is 2.26. The van der Waals surface area contributed by atoms with Crippen LogP contribution < -0.4 is 5.32 Å². The van der Waals surface area contributed by atoms with Crippen molar-refractivity contribution in [3.05, 3.63) is 77.6 Å². The van der Waals surface area contributed by atoms with Crippen molar-refractivity contribution in [1.29, 1.82) is 0 Å². The molecule has 0 saturated heterocycles. The predicted molar refractivity (Wildman–Crippen MR) is 103 cm³/mol. The fourth-order valence-electron chi connectivity index (χ4n) is 3.14. The molecule has 2 unspecified atom stereocenters. The second kappa shape index (κ2) is 9.33. The molecule has 152 valence electrons. The Morgan fingerprint density at radius 1 is 1.10 bits per heavy atom. The number of carbonyl (C=O) groups excluding carboxylic acids is 1. The second-order valence-electron chi connectivity index (χ2n) is 6.86. The summed E-state index contributed by atoms with van der Waals surface area (Å²) in [5.74, 6) is -1.65. The van der Waals surface area contributed by atoms with Crippen LogP contribution in [0.3, 0.4) is 0 Å². The Labute approximate surface area is 167 Å². The molecule has 3 rings (SSSR count). The summed E-state index contributed by atoms with van der Waals surface area (Å²) in [4.78, 5) is 14.6. The molecule has 1 aromatic heterocycles. The number of hydrogen-bond acceptors (Lipinski definition) is 5. The number of hydrogen-bond donors (Lipinski definition) is 1. The molecule has 0 spiro atoms. The Hall–Kier alpha value is -3.20. The van der Waals surface area contributed by atoms with Crippen molar-refractivity contribution >= 4 is 5.91 Å². The quantitative estimate of drug-likeness (QED) is 0.627. The molecule has 0 aliphatic heterocycles. The lowest BCUT2D eigenvalue weighted by Gasteiger charge is -2.27. The molecule has 1 amide bonds. The third kappa shape index (κ3) is 5.00. The van der Waals surface area contributed by atoms with Crippen LogP contribution in [-0.2, 0) is 11.2 Å². The molecule has 0 aliphatic rings.